The summed E-state index contributed by atoms with van der Waals surface area (Å²) in [6.45, 7) is 13.0. The van der Waals surface area contributed by atoms with Crippen LogP contribution in [0.25, 0.3) is 10.9 Å². The molecule has 1 N–H and O–H groups in total. The zero-order valence-electron chi connectivity index (χ0n) is 19.5. The van der Waals surface area contributed by atoms with Gasteiger partial charge in [-0.15, -0.1) is 0 Å². The van der Waals surface area contributed by atoms with Crippen molar-refractivity contribution in [2.45, 2.75) is 67.0 Å². The average molecular weight is 456 g/mol. The summed E-state index contributed by atoms with van der Waals surface area (Å²) >= 11 is 1.07. The molecule has 2 heterocycles. The first-order chi connectivity index (χ1) is 15.0. The molecule has 0 saturated heterocycles. The Morgan fingerprint density at radius 2 is 1.81 bits per heavy atom. The number of rotatable bonds is 6. The van der Waals surface area contributed by atoms with Gasteiger partial charge in [-0.3, -0.25) is 14.2 Å². The molecule has 0 aliphatic heterocycles. The third-order valence-corrected chi connectivity index (χ3v) is 6.30. The molecule has 0 radical (unpaired) electrons. The molecule has 3 aromatic rings. The number of nitrogens with one attached hydrogen (secondary N) is 1. The summed E-state index contributed by atoms with van der Waals surface area (Å²) in [5.41, 5.74) is 3.95. The number of ether oxygens (including phenoxy) is 1. The van der Waals surface area contributed by atoms with Crippen LogP contribution < -0.4 is 10.9 Å². The second-order valence-electron chi connectivity index (χ2n) is 8.31. The molecule has 8 heteroatoms. The number of amides is 1. The number of carbonyl (C=O) groups excluding carboxylic acids is 2. The first-order valence-electron chi connectivity index (χ1n) is 10.7. The van der Waals surface area contributed by atoms with Crippen molar-refractivity contribution >= 4 is 39.2 Å². The van der Waals surface area contributed by atoms with E-state index in [4.69, 9.17) is 4.74 Å². The van der Waals surface area contributed by atoms with Crippen LogP contribution in [0.4, 0.5) is 5.13 Å². The molecular weight excluding hydrogens is 426 g/mol. The van der Waals surface area contributed by atoms with Crippen molar-refractivity contribution in [2.75, 3.05) is 5.32 Å². The maximum Gasteiger partial charge on any atom is 0.350 e. The minimum Gasteiger partial charge on any atom is -0.459 e. The highest BCUT2D eigenvalue weighted by Gasteiger charge is 2.25. The Hall–Kier alpha value is -3.00. The van der Waals surface area contributed by atoms with Crippen molar-refractivity contribution in [3.8, 4) is 0 Å². The molecule has 1 aromatic carbocycles. The molecule has 0 spiro atoms. The van der Waals surface area contributed by atoms with Crippen molar-refractivity contribution in [3.05, 3.63) is 55.8 Å². The Kier molecular flexibility index (Phi) is 6.83. The summed E-state index contributed by atoms with van der Waals surface area (Å²) < 4.78 is 6.81. The molecule has 2 aromatic heterocycles. The third-order valence-electron chi connectivity index (χ3n) is 5.24. The number of aromatic nitrogens is 2. The second kappa shape index (κ2) is 9.24. The molecule has 0 bridgehead atoms. The SMILES string of the molecule is CCC(C(=O)Nc1nc(C)c(C(=O)OC(C)C)s1)n1c(=O)cc(C)c2cc(C)cc(C)c21. The highest BCUT2D eigenvalue weighted by Crippen LogP contribution is 2.28. The molecular formula is C24H29N3O4S. The van der Waals surface area contributed by atoms with E-state index >= 15 is 0 Å². The van der Waals surface area contributed by atoms with Crippen LogP contribution in [0, 0.1) is 27.7 Å². The molecule has 0 saturated carbocycles. The van der Waals surface area contributed by atoms with Gasteiger partial charge in [0.05, 0.1) is 17.3 Å². The van der Waals surface area contributed by atoms with E-state index in [1.165, 1.54) is 0 Å². The van der Waals surface area contributed by atoms with Gasteiger partial charge >= 0.3 is 5.97 Å². The number of benzene rings is 1. The lowest BCUT2D eigenvalue weighted by atomic mass is 10.0. The molecule has 1 unspecified atom stereocenters. The van der Waals surface area contributed by atoms with Gasteiger partial charge in [-0.1, -0.05) is 29.9 Å². The standard InChI is InChI=1S/C24H29N3O4S/c1-8-18(22(29)26-24-25-16(7)21(32-24)23(30)31-12(2)3)27-19(28)11-14(5)17-10-13(4)9-15(6)20(17)27/h9-12,18H,8H2,1-7H3,(H,25,26,29). The van der Waals surface area contributed by atoms with Crippen LogP contribution in [-0.4, -0.2) is 27.5 Å². The Bertz CT molecular complexity index is 1260. The molecule has 32 heavy (non-hydrogen) atoms. The maximum absolute atomic E-state index is 13.3. The number of nitrogens with zero attached hydrogens (tertiary/aromatic N) is 2. The van der Waals surface area contributed by atoms with Gasteiger partial charge in [-0.2, -0.15) is 0 Å². The fourth-order valence-corrected chi connectivity index (χ4v) is 4.77. The number of pyridine rings is 1. The predicted molar refractivity (Wildman–Crippen MR) is 128 cm³/mol. The summed E-state index contributed by atoms with van der Waals surface area (Å²) in [5.74, 6) is -0.813. The fourth-order valence-electron chi connectivity index (χ4n) is 3.91. The largest absolute Gasteiger partial charge is 0.459 e. The van der Waals surface area contributed by atoms with Gasteiger partial charge in [-0.25, -0.2) is 9.78 Å². The lowest BCUT2D eigenvalue weighted by molar-refractivity contribution is -0.119. The minimum atomic E-state index is -0.720. The van der Waals surface area contributed by atoms with Crippen molar-refractivity contribution in [1.29, 1.82) is 0 Å². The smallest absolute Gasteiger partial charge is 0.350 e. The summed E-state index contributed by atoms with van der Waals surface area (Å²) in [7, 11) is 0. The molecule has 1 atom stereocenters. The average Bonchev–Trinajstić information content (AvgIpc) is 3.04. The number of fused-ring (bicyclic) bond motifs is 1. The molecule has 0 aliphatic carbocycles. The van der Waals surface area contributed by atoms with Crippen molar-refractivity contribution in [3.63, 3.8) is 0 Å². The van der Waals surface area contributed by atoms with Crippen LogP contribution in [0.1, 0.15) is 65.3 Å². The Morgan fingerprint density at radius 3 is 2.44 bits per heavy atom. The van der Waals surface area contributed by atoms with E-state index in [2.05, 4.69) is 10.3 Å². The quantitative estimate of drug-likeness (QED) is 0.537. The van der Waals surface area contributed by atoms with Crippen molar-refractivity contribution in [1.82, 2.24) is 9.55 Å². The van der Waals surface area contributed by atoms with Gasteiger partial charge in [0.1, 0.15) is 10.9 Å². The minimum absolute atomic E-state index is 0.222. The zero-order valence-corrected chi connectivity index (χ0v) is 20.3. The van der Waals surface area contributed by atoms with Crippen LogP contribution in [0.3, 0.4) is 0 Å². The topological polar surface area (TPSA) is 90.3 Å². The van der Waals surface area contributed by atoms with E-state index in [1.54, 1.807) is 31.4 Å². The fraction of sp³-hybridized carbons (Fsp3) is 0.417. The molecule has 170 valence electrons. The number of hydrogen-bond acceptors (Lipinski definition) is 6. The van der Waals surface area contributed by atoms with Crippen LogP contribution in [-0.2, 0) is 9.53 Å². The van der Waals surface area contributed by atoms with Gasteiger partial charge in [-0.05, 0) is 65.2 Å². The summed E-state index contributed by atoms with van der Waals surface area (Å²) in [4.78, 5) is 43.2. The first kappa shape index (κ1) is 23.7. The maximum atomic E-state index is 13.3. The predicted octanol–water partition coefficient (Wildman–Crippen LogP) is 4.85. The summed E-state index contributed by atoms with van der Waals surface area (Å²) in [6, 6.07) is 4.90. The lowest BCUT2D eigenvalue weighted by Gasteiger charge is -2.22. The lowest BCUT2D eigenvalue weighted by Crippen LogP contribution is -2.33. The van der Waals surface area contributed by atoms with Crippen LogP contribution >= 0.6 is 11.3 Å². The molecule has 0 aliphatic rings. The van der Waals surface area contributed by atoms with Crippen molar-refractivity contribution < 1.29 is 14.3 Å². The third kappa shape index (κ3) is 4.60. The number of esters is 1. The van der Waals surface area contributed by atoms with Gasteiger partial charge in [0.25, 0.3) is 5.56 Å². The van der Waals surface area contributed by atoms with Gasteiger partial charge < -0.3 is 10.1 Å². The number of hydrogen-bond donors (Lipinski definition) is 1. The van der Waals surface area contributed by atoms with Gasteiger partial charge in [0.2, 0.25) is 5.91 Å². The van der Waals surface area contributed by atoms with E-state index in [1.807, 2.05) is 39.8 Å². The van der Waals surface area contributed by atoms with E-state index < -0.39 is 12.0 Å². The normalized spacial score (nSPS) is 12.2. The van der Waals surface area contributed by atoms with Gasteiger partial charge in [0, 0.05) is 11.5 Å². The van der Waals surface area contributed by atoms with E-state index in [0.717, 1.165) is 38.9 Å². The highest BCUT2D eigenvalue weighted by atomic mass is 32.1. The Labute approximate surface area is 191 Å². The van der Waals surface area contributed by atoms with E-state index in [-0.39, 0.29) is 17.6 Å². The van der Waals surface area contributed by atoms with Crippen LogP contribution in [0.15, 0.2) is 23.0 Å². The molecule has 7 nitrogen and oxygen atoms in total. The monoisotopic (exact) mass is 455 g/mol. The number of carbonyl (C=O) groups is 2. The molecule has 0 fully saturated rings. The summed E-state index contributed by atoms with van der Waals surface area (Å²) in [6.07, 6.45) is 0.171. The summed E-state index contributed by atoms with van der Waals surface area (Å²) in [5, 5.41) is 4.06. The first-order valence-corrected chi connectivity index (χ1v) is 11.5. The Balaban J connectivity index is 2.00. The number of thiazole rings is 1. The number of aryl methyl sites for hydroxylation is 4. The zero-order chi connectivity index (χ0) is 23.7. The van der Waals surface area contributed by atoms with E-state index in [0.29, 0.717) is 22.1 Å². The van der Waals surface area contributed by atoms with E-state index in [9.17, 15) is 14.4 Å². The van der Waals surface area contributed by atoms with Gasteiger partial charge in [0.15, 0.2) is 5.13 Å². The van der Waals surface area contributed by atoms with Crippen LogP contribution in [0.5, 0.6) is 0 Å². The van der Waals surface area contributed by atoms with Crippen LogP contribution in [0.2, 0.25) is 0 Å². The van der Waals surface area contributed by atoms with Crippen molar-refractivity contribution in [2.24, 2.45) is 0 Å². The molecule has 1 amide bonds. The molecule has 3 rings (SSSR count). The number of anilines is 1. The Morgan fingerprint density at radius 1 is 1.12 bits per heavy atom. The second-order valence-corrected chi connectivity index (χ2v) is 9.31. The highest BCUT2D eigenvalue weighted by molar-refractivity contribution is 7.17.